The minimum Gasteiger partial charge on any atom is -0.426 e. The molecule has 0 bridgehead atoms. The number of ether oxygens (including phenoxy) is 1. The molecule has 7 nitrogen and oxygen atoms in total. The van der Waals surface area contributed by atoms with Crippen molar-refractivity contribution in [1.82, 2.24) is 0 Å². The summed E-state index contributed by atoms with van der Waals surface area (Å²) in [5.41, 5.74) is 4.51. The molecule has 7 heteroatoms. The fourth-order valence-electron chi connectivity index (χ4n) is 5.38. The second-order valence-corrected chi connectivity index (χ2v) is 9.88. The van der Waals surface area contributed by atoms with Gasteiger partial charge in [-0.1, -0.05) is 17.7 Å². The van der Waals surface area contributed by atoms with Gasteiger partial charge < -0.3 is 9.64 Å². The Balaban J connectivity index is 1.25. The summed E-state index contributed by atoms with van der Waals surface area (Å²) in [5, 5.41) is 0. The van der Waals surface area contributed by atoms with Crippen LogP contribution in [0.4, 0.5) is 11.4 Å². The van der Waals surface area contributed by atoms with Crippen molar-refractivity contribution < 1.29 is 23.9 Å². The molecule has 2 saturated heterocycles. The lowest BCUT2D eigenvalue weighted by molar-refractivity contribution is -0.139. The van der Waals surface area contributed by atoms with Crippen LogP contribution in [-0.4, -0.2) is 30.2 Å². The number of fused-ring (bicyclic) bond motifs is 1. The fourth-order valence-corrected chi connectivity index (χ4v) is 5.38. The van der Waals surface area contributed by atoms with E-state index in [9.17, 15) is 19.2 Å². The molecular weight excluding hydrogens is 444 g/mol. The Hall–Kier alpha value is -3.74. The predicted molar refractivity (Wildman–Crippen MR) is 131 cm³/mol. The molecule has 0 radical (unpaired) electrons. The first kappa shape index (κ1) is 23.0. The maximum absolute atomic E-state index is 12.9. The van der Waals surface area contributed by atoms with Crippen LogP contribution in [-0.2, 0) is 19.2 Å². The van der Waals surface area contributed by atoms with E-state index in [0.29, 0.717) is 24.3 Å². The monoisotopic (exact) mass is 472 g/mol. The molecule has 1 aliphatic carbocycles. The maximum Gasteiger partial charge on any atom is 0.316 e. The minimum atomic E-state index is -0.566. The van der Waals surface area contributed by atoms with Crippen molar-refractivity contribution in [3.8, 4) is 5.75 Å². The third-order valence-electron chi connectivity index (χ3n) is 7.11. The number of aryl methyl sites for hydroxylation is 2. The van der Waals surface area contributed by atoms with Crippen molar-refractivity contribution in [3.63, 3.8) is 0 Å². The molecule has 3 unspecified atom stereocenters. The van der Waals surface area contributed by atoms with Crippen molar-refractivity contribution in [2.75, 3.05) is 16.3 Å². The van der Waals surface area contributed by atoms with Crippen LogP contribution in [0.25, 0.3) is 0 Å². The van der Waals surface area contributed by atoms with E-state index in [1.54, 1.807) is 29.2 Å². The predicted octanol–water partition coefficient (Wildman–Crippen LogP) is 4.11. The molecule has 2 heterocycles. The van der Waals surface area contributed by atoms with Crippen LogP contribution in [0.5, 0.6) is 5.75 Å². The zero-order valence-corrected chi connectivity index (χ0v) is 20.1. The van der Waals surface area contributed by atoms with E-state index in [2.05, 4.69) is 0 Å². The van der Waals surface area contributed by atoms with Gasteiger partial charge in [0.15, 0.2) is 0 Å². The number of esters is 1. The summed E-state index contributed by atoms with van der Waals surface area (Å²) in [6.07, 6.45) is 3.33. The van der Waals surface area contributed by atoms with Crippen molar-refractivity contribution in [2.45, 2.75) is 40.0 Å². The quantitative estimate of drug-likeness (QED) is 0.289. The number of amides is 3. The molecule has 5 rings (SSSR count). The first-order valence-electron chi connectivity index (χ1n) is 11.9. The van der Waals surface area contributed by atoms with E-state index in [1.807, 2.05) is 45.0 Å². The highest BCUT2D eigenvalue weighted by atomic mass is 16.5. The average molecular weight is 473 g/mol. The van der Waals surface area contributed by atoms with Crippen molar-refractivity contribution in [3.05, 3.63) is 65.2 Å². The SMILES string of the molecule is CC1=CCC2C(=O)N(c3ccc(OC(=O)C4CC(=O)N(c5cc(C)cc(C)c5)C4)cc3)C(=O)C2C1. The lowest BCUT2D eigenvalue weighted by Gasteiger charge is -2.18. The van der Waals surface area contributed by atoms with E-state index in [1.165, 1.54) is 4.90 Å². The molecule has 0 saturated carbocycles. The van der Waals surface area contributed by atoms with Gasteiger partial charge in [-0.25, -0.2) is 0 Å². The zero-order chi connectivity index (χ0) is 24.9. The standard InChI is InChI=1S/C28H28N2O5/c1-16-4-9-23-24(13-16)27(33)30(26(23)32)20-5-7-22(8-6-20)35-28(34)19-14-25(31)29(15-19)21-11-17(2)10-18(3)12-21/h4-8,10-12,19,23-24H,9,13-15H2,1-3H3. The zero-order valence-electron chi connectivity index (χ0n) is 20.1. The highest BCUT2D eigenvalue weighted by Gasteiger charge is 2.48. The molecule has 2 aromatic rings. The topological polar surface area (TPSA) is 84.0 Å². The minimum absolute atomic E-state index is 0.0942. The van der Waals surface area contributed by atoms with Crippen LogP contribution in [0.15, 0.2) is 54.1 Å². The number of allylic oxidation sites excluding steroid dienone is 2. The summed E-state index contributed by atoms with van der Waals surface area (Å²) in [6.45, 7) is 6.20. The molecule has 0 spiro atoms. The van der Waals surface area contributed by atoms with Gasteiger partial charge in [0.25, 0.3) is 0 Å². The Labute approximate surface area is 204 Å². The van der Waals surface area contributed by atoms with E-state index in [-0.39, 0.29) is 42.5 Å². The number of anilines is 2. The Morgan fingerprint density at radius 1 is 0.857 bits per heavy atom. The van der Waals surface area contributed by atoms with Crippen LogP contribution in [0, 0.1) is 31.6 Å². The van der Waals surface area contributed by atoms with Crippen LogP contribution < -0.4 is 14.5 Å². The molecule has 2 fully saturated rings. The number of nitrogens with zero attached hydrogens (tertiary/aromatic N) is 2. The molecule has 2 aromatic carbocycles. The normalized spacial score (nSPS) is 24.0. The second-order valence-electron chi connectivity index (χ2n) is 9.88. The maximum atomic E-state index is 12.9. The second kappa shape index (κ2) is 8.80. The number of hydrogen-bond donors (Lipinski definition) is 0. The number of benzene rings is 2. The molecule has 3 atom stereocenters. The van der Waals surface area contributed by atoms with E-state index >= 15 is 0 Å². The summed E-state index contributed by atoms with van der Waals surface area (Å²) in [4.78, 5) is 54.0. The summed E-state index contributed by atoms with van der Waals surface area (Å²) in [7, 11) is 0. The van der Waals surface area contributed by atoms with Gasteiger partial charge >= 0.3 is 5.97 Å². The lowest BCUT2D eigenvalue weighted by atomic mass is 9.82. The van der Waals surface area contributed by atoms with Gasteiger partial charge in [0.05, 0.1) is 23.4 Å². The molecule has 0 N–H and O–H groups in total. The molecule has 3 aliphatic rings. The van der Waals surface area contributed by atoms with Crippen molar-refractivity contribution in [2.24, 2.45) is 17.8 Å². The van der Waals surface area contributed by atoms with Crippen molar-refractivity contribution >= 4 is 35.1 Å². The Morgan fingerprint density at radius 2 is 1.51 bits per heavy atom. The number of carbonyl (C=O) groups excluding carboxylic acids is 4. The van der Waals surface area contributed by atoms with Gasteiger partial charge in [0.1, 0.15) is 5.75 Å². The van der Waals surface area contributed by atoms with E-state index in [0.717, 1.165) is 22.4 Å². The van der Waals surface area contributed by atoms with Gasteiger partial charge in [0.2, 0.25) is 17.7 Å². The van der Waals surface area contributed by atoms with Gasteiger partial charge in [-0.2, -0.15) is 0 Å². The Bertz CT molecular complexity index is 1240. The van der Waals surface area contributed by atoms with Gasteiger partial charge in [-0.15, -0.1) is 0 Å². The van der Waals surface area contributed by atoms with Crippen molar-refractivity contribution in [1.29, 1.82) is 0 Å². The van der Waals surface area contributed by atoms with Crippen LogP contribution in [0.3, 0.4) is 0 Å². The molecule has 180 valence electrons. The Morgan fingerprint density at radius 3 is 2.20 bits per heavy atom. The molecular formula is C28H28N2O5. The fraction of sp³-hybridized carbons (Fsp3) is 0.357. The summed E-state index contributed by atoms with van der Waals surface area (Å²) in [5.74, 6) is -1.79. The van der Waals surface area contributed by atoms with Gasteiger partial charge in [-0.3, -0.25) is 24.1 Å². The van der Waals surface area contributed by atoms with E-state index in [4.69, 9.17) is 4.74 Å². The van der Waals surface area contributed by atoms with Crippen LogP contribution >= 0.6 is 0 Å². The van der Waals surface area contributed by atoms with Crippen LogP contribution in [0.2, 0.25) is 0 Å². The third kappa shape index (κ3) is 4.27. The summed E-state index contributed by atoms with van der Waals surface area (Å²) in [6, 6.07) is 12.3. The first-order valence-corrected chi connectivity index (χ1v) is 11.9. The number of carbonyl (C=O) groups is 4. The molecule has 3 amide bonds. The third-order valence-corrected chi connectivity index (χ3v) is 7.11. The van der Waals surface area contributed by atoms with Crippen LogP contribution in [0.1, 0.15) is 37.3 Å². The number of hydrogen-bond acceptors (Lipinski definition) is 5. The number of rotatable bonds is 4. The lowest BCUT2D eigenvalue weighted by Crippen LogP contribution is -2.30. The number of imide groups is 1. The molecule has 0 aromatic heterocycles. The highest BCUT2D eigenvalue weighted by Crippen LogP contribution is 2.40. The summed E-state index contributed by atoms with van der Waals surface area (Å²) < 4.78 is 5.54. The van der Waals surface area contributed by atoms with Gasteiger partial charge in [-0.05, 0) is 81.1 Å². The smallest absolute Gasteiger partial charge is 0.316 e. The Kier molecular flexibility index (Phi) is 5.79. The first-order chi connectivity index (χ1) is 16.7. The summed E-state index contributed by atoms with van der Waals surface area (Å²) >= 11 is 0. The largest absolute Gasteiger partial charge is 0.426 e. The molecule has 35 heavy (non-hydrogen) atoms. The highest BCUT2D eigenvalue weighted by molar-refractivity contribution is 6.22. The van der Waals surface area contributed by atoms with E-state index < -0.39 is 11.9 Å². The molecule has 2 aliphatic heterocycles. The van der Waals surface area contributed by atoms with Gasteiger partial charge in [0, 0.05) is 18.7 Å². The average Bonchev–Trinajstić information content (AvgIpc) is 3.31.